The molecule has 4 heterocycles. The van der Waals surface area contributed by atoms with E-state index in [0.29, 0.717) is 23.9 Å². The largest absolute Gasteiger partial charge is 0.356 e. The molecule has 2 aliphatic rings. The van der Waals surface area contributed by atoms with Gasteiger partial charge in [-0.2, -0.15) is 0 Å². The number of aryl methyl sites for hydroxylation is 1. The van der Waals surface area contributed by atoms with Gasteiger partial charge in [-0.3, -0.25) is 0 Å². The van der Waals surface area contributed by atoms with Crippen molar-refractivity contribution in [1.29, 1.82) is 0 Å². The zero-order chi connectivity index (χ0) is 18.1. The second-order valence-corrected chi connectivity index (χ2v) is 7.20. The highest BCUT2D eigenvalue weighted by Gasteiger charge is 2.23. The number of pyridine rings is 1. The minimum Gasteiger partial charge on any atom is -0.356 e. The average molecular weight is 377 g/mol. The Kier molecular flexibility index (Phi) is 4.80. The van der Waals surface area contributed by atoms with Gasteiger partial charge in [-0.25, -0.2) is 19.3 Å². The molecule has 0 saturated carbocycles. The van der Waals surface area contributed by atoms with E-state index < -0.39 is 0 Å². The minimum absolute atomic E-state index is 0.316. The third-order valence-corrected chi connectivity index (χ3v) is 5.14. The van der Waals surface area contributed by atoms with Gasteiger partial charge < -0.3 is 14.7 Å². The Morgan fingerprint density at radius 2 is 1.46 bits per heavy atom. The smallest absolute Gasteiger partial charge is 0.167 e. The highest BCUT2D eigenvalue weighted by Crippen LogP contribution is 2.25. The average Bonchev–Trinajstić information content (AvgIpc) is 3.16. The molecule has 4 rings (SSSR count). The lowest BCUT2D eigenvalue weighted by Crippen LogP contribution is -2.47. The predicted octanol–water partition coefficient (Wildman–Crippen LogP) is 2.90. The fourth-order valence-electron chi connectivity index (χ4n) is 3.59. The van der Waals surface area contributed by atoms with E-state index in [2.05, 4.69) is 30.8 Å². The first-order valence-corrected chi connectivity index (χ1v) is 9.39. The molecule has 6 nitrogen and oxygen atoms in total. The van der Waals surface area contributed by atoms with Crippen molar-refractivity contribution in [2.75, 3.05) is 54.0 Å². The van der Waals surface area contributed by atoms with Crippen molar-refractivity contribution in [1.82, 2.24) is 15.0 Å². The molecule has 0 atom stereocenters. The number of aromatic nitrogens is 3. The Bertz CT molecular complexity index is 787. The first-order chi connectivity index (χ1) is 12.6. The summed E-state index contributed by atoms with van der Waals surface area (Å²) < 4.78 is 14.1. The lowest BCUT2D eigenvalue weighted by molar-refractivity contribution is 0.586. The summed E-state index contributed by atoms with van der Waals surface area (Å²) in [5, 5.41) is 0.316. The van der Waals surface area contributed by atoms with E-state index in [-0.39, 0.29) is 5.82 Å². The molecule has 0 bridgehead atoms. The maximum Gasteiger partial charge on any atom is 0.167 e. The van der Waals surface area contributed by atoms with E-state index in [1.165, 1.54) is 25.1 Å². The van der Waals surface area contributed by atoms with Gasteiger partial charge in [0.15, 0.2) is 11.6 Å². The number of nitrogens with zero attached hydrogens (tertiary/aromatic N) is 6. The van der Waals surface area contributed by atoms with Crippen molar-refractivity contribution in [3.63, 3.8) is 0 Å². The Balaban J connectivity index is 1.47. The zero-order valence-corrected chi connectivity index (χ0v) is 15.6. The second-order valence-electron chi connectivity index (χ2n) is 6.76. The summed E-state index contributed by atoms with van der Waals surface area (Å²) in [7, 11) is 0. The molecule has 2 aromatic heterocycles. The van der Waals surface area contributed by atoms with Crippen LogP contribution in [0.15, 0.2) is 18.3 Å². The predicted molar refractivity (Wildman–Crippen MR) is 102 cm³/mol. The Morgan fingerprint density at radius 1 is 0.885 bits per heavy atom. The maximum absolute atomic E-state index is 14.1. The number of piperazine rings is 1. The summed E-state index contributed by atoms with van der Waals surface area (Å²) in [5.41, 5.74) is 0. The third-order valence-electron chi connectivity index (χ3n) is 4.93. The van der Waals surface area contributed by atoms with E-state index in [9.17, 15) is 4.39 Å². The fourth-order valence-corrected chi connectivity index (χ4v) is 3.74. The molecule has 2 fully saturated rings. The van der Waals surface area contributed by atoms with Crippen LogP contribution in [0.4, 0.5) is 21.8 Å². The van der Waals surface area contributed by atoms with E-state index in [1.54, 1.807) is 0 Å². The molecular weight excluding hydrogens is 355 g/mol. The first-order valence-electron chi connectivity index (χ1n) is 9.02. The van der Waals surface area contributed by atoms with Crippen LogP contribution in [0.5, 0.6) is 0 Å². The van der Waals surface area contributed by atoms with E-state index >= 15 is 0 Å². The Morgan fingerprint density at radius 3 is 2.08 bits per heavy atom. The maximum atomic E-state index is 14.1. The highest BCUT2D eigenvalue weighted by atomic mass is 35.5. The van der Waals surface area contributed by atoms with Crippen LogP contribution in [0, 0.1) is 12.7 Å². The van der Waals surface area contributed by atoms with Gasteiger partial charge in [0.1, 0.15) is 17.5 Å². The monoisotopic (exact) mass is 376 g/mol. The molecule has 2 aliphatic heterocycles. The quantitative estimate of drug-likeness (QED) is 0.821. The van der Waals surface area contributed by atoms with E-state index in [1.807, 2.05) is 11.8 Å². The van der Waals surface area contributed by atoms with Crippen LogP contribution in [0.3, 0.4) is 0 Å². The molecule has 2 aromatic rings. The molecule has 0 N–H and O–H groups in total. The summed E-state index contributed by atoms with van der Waals surface area (Å²) in [6, 6.07) is 3.39. The topological polar surface area (TPSA) is 48.4 Å². The van der Waals surface area contributed by atoms with Crippen LogP contribution in [0.25, 0.3) is 0 Å². The molecule has 0 spiro atoms. The number of hydrogen-bond donors (Lipinski definition) is 0. The summed E-state index contributed by atoms with van der Waals surface area (Å²) in [6.45, 7) is 6.96. The van der Waals surface area contributed by atoms with Crippen molar-refractivity contribution in [2.24, 2.45) is 0 Å². The lowest BCUT2D eigenvalue weighted by atomic mass is 10.3. The van der Waals surface area contributed by atoms with Gasteiger partial charge in [0.25, 0.3) is 0 Å². The number of hydrogen-bond acceptors (Lipinski definition) is 6. The molecule has 26 heavy (non-hydrogen) atoms. The highest BCUT2D eigenvalue weighted by molar-refractivity contribution is 6.30. The van der Waals surface area contributed by atoms with Crippen LogP contribution in [-0.2, 0) is 0 Å². The summed E-state index contributed by atoms with van der Waals surface area (Å²) in [6.07, 6.45) is 3.93. The van der Waals surface area contributed by atoms with Crippen LogP contribution >= 0.6 is 11.6 Å². The van der Waals surface area contributed by atoms with Gasteiger partial charge in [-0.05, 0) is 25.8 Å². The van der Waals surface area contributed by atoms with Gasteiger partial charge >= 0.3 is 0 Å². The Labute approximate surface area is 157 Å². The van der Waals surface area contributed by atoms with Crippen molar-refractivity contribution in [2.45, 2.75) is 19.8 Å². The molecular formula is C18H22ClFN6. The molecule has 8 heteroatoms. The molecule has 2 saturated heterocycles. The molecule has 0 amide bonds. The third kappa shape index (κ3) is 3.53. The zero-order valence-electron chi connectivity index (χ0n) is 14.8. The summed E-state index contributed by atoms with van der Waals surface area (Å²) in [4.78, 5) is 19.9. The van der Waals surface area contributed by atoms with Crippen molar-refractivity contribution in [3.05, 3.63) is 35.0 Å². The number of anilines is 3. The van der Waals surface area contributed by atoms with Gasteiger partial charge in [-0.15, -0.1) is 0 Å². The standard InChI is InChI=1S/C18H22ClFN6/c1-13-22-16(24-4-2-3-5-24)11-17(23-13)25-6-8-26(9-7-25)18-15(20)10-14(19)12-21-18/h10-12H,2-9H2,1H3. The van der Waals surface area contributed by atoms with Gasteiger partial charge in [0.2, 0.25) is 0 Å². The van der Waals surface area contributed by atoms with Crippen LogP contribution in [-0.4, -0.2) is 54.2 Å². The Hall–Kier alpha value is -2.15. The van der Waals surface area contributed by atoms with Gasteiger partial charge in [-0.1, -0.05) is 11.6 Å². The minimum atomic E-state index is -0.375. The van der Waals surface area contributed by atoms with Crippen molar-refractivity contribution in [3.8, 4) is 0 Å². The van der Waals surface area contributed by atoms with Crippen LogP contribution in [0.1, 0.15) is 18.7 Å². The summed E-state index contributed by atoms with van der Waals surface area (Å²) in [5.74, 6) is 2.74. The van der Waals surface area contributed by atoms with E-state index in [0.717, 1.165) is 43.6 Å². The van der Waals surface area contributed by atoms with Crippen molar-refractivity contribution >= 4 is 29.1 Å². The molecule has 138 valence electrons. The van der Waals surface area contributed by atoms with Gasteiger partial charge in [0.05, 0.1) is 5.02 Å². The molecule has 0 aromatic carbocycles. The SMILES string of the molecule is Cc1nc(N2CCCC2)cc(N2CCN(c3ncc(Cl)cc3F)CC2)n1. The molecule has 0 aliphatic carbocycles. The van der Waals surface area contributed by atoms with Crippen molar-refractivity contribution < 1.29 is 4.39 Å². The number of rotatable bonds is 3. The van der Waals surface area contributed by atoms with Gasteiger partial charge in [0, 0.05) is 51.5 Å². The fraction of sp³-hybridized carbons (Fsp3) is 0.500. The van der Waals surface area contributed by atoms with Crippen LogP contribution in [0.2, 0.25) is 5.02 Å². The lowest BCUT2D eigenvalue weighted by Gasteiger charge is -2.36. The van der Waals surface area contributed by atoms with Crippen LogP contribution < -0.4 is 14.7 Å². The number of halogens is 2. The van der Waals surface area contributed by atoms with E-state index in [4.69, 9.17) is 11.6 Å². The molecule has 0 unspecified atom stereocenters. The molecule has 0 radical (unpaired) electrons. The second kappa shape index (κ2) is 7.23. The first kappa shape index (κ1) is 17.3. The normalized spacial score (nSPS) is 17.9. The summed E-state index contributed by atoms with van der Waals surface area (Å²) >= 11 is 5.80.